The van der Waals surface area contributed by atoms with E-state index in [1.54, 1.807) is 6.08 Å². The van der Waals surface area contributed by atoms with Gasteiger partial charge in [-0.3, -0.25) is 0 Å². The lowest BCUT2D eigenvalue weighted by Crippen LogP contribution is -1.85. The van der Waals surface area contributed by atoms with Crippen LogP contribution in [0.15, 0.2) is 71.9 Å². The lowest BCUT2D eigenvalue weighted by atomic mass is 10.0. The molecular formula is C19H29Cl. The average Bonchev–Trinajstić information content (AvgIpc) is 2.45. The highest BCUT2D eigenvalue weighted by Crippen LogP contribution is 2.17. The van der Waals surface area contributed by atoms with Gasteiger partial charge in [-0.2, -0.15) is 0 Å². The van der Waals surface area contributed by atoms with E-state index in [-0.39, 0.29) is 0 Å². The van der Waals surface area contributed by atoms with Gasteiger partial charge in [0.05, 0.1) is 0 Å². The van der Waals surface area contributed by atoms with Crippen molar-refractivity contribution in [3.05, 3.63) is 71.9 Å². The third kappa shape index (κ3) is 11.8. The molecule has 0 aromatic rings. The molecule has 0 N–H and O–H groups in total. The van der Waals surface area contributed by atoms with E-state index in [1.807, 2.05) is 26.0 Å². The number of hydrogen-bond donors (Lipinski definition) is 0. The second kappa shape index (κ2) is 15.8. The smallest absolute Gasteiger partial charge is 0.0195 e. The molecule has 0 nitrogen and oxygen atoms in total. The first kappa shape index (κ1) is 21.0. The van der Waals surface area contributed by atoms with E-state index >= 15 is 0 Å². The van der Waals surface area contributed by atoms with Crippen molar-refractivity contribution in [2.45, 2.75) is 41.0 Å². The molecule has 0 saturated heterocycles. The normalized spacial score (nSPS) is 13.6. The fourth-order valence-electron chi connectivity index (χ4n) is 1.33. The van der Waals surface area contributed by atoms with Gasteiger partial charge in [-0.15, -0.1) is 11.6 Å². The van der Waals surface area contributed by atoms with Gasteiger partial charge in [0.1, 0.15) is 0 Å². The molecule has 0 fully saturated rings. The van der Waals surface area contributed by atoms with Gasteiger partial charge in [-0.25, -0.2) is 0 Å². The Balaban J connectivity index is 0. The summed E-state index contributed by atoms with van der Waals surface area (Å²) in [6.45, 7) is 14.0. The Morgan fingerprint density at radius 1 is 1.10 bits per heavy atom. The molecule has 1 heteroatoms. The van der Waals surface area contributed by atoms with Crippen LogP contribution in [0.5, 0.6) is 0 Å². The van der Waals surface area contributed by atoms with Crippen molar-refractivity contribution in [2.75, 3.05) is 5.88 Å². The van der Waals surface area contributed by atoms with Gasteiger partial charge < -0.3 is 0 Å². The van der Waals surface area contributed by atoms with Crippen LogP contribution in [-0.4, -0.2) is 5.88 Å². The Hall–Kier alpha value is -1.27. The van der Waals surface area contributed by atoms with Gasteiger partial charge in [0.25, 0.3) is 0 Å². The molecule has 0 aliphatic rings. The van der Waals surface area contributed by atoms with Crippen LogP contribution in [0.1, 0.15) is 41.0 Å². The molecular weight excluding hydrogens is 264 g/mol. The molecule has 0 aromatic heterocycles. The lowest BCUT2D eigenvalue weighted by Gasteiger charge is -2.04. The monoisotopic (exact) mass is 292 g/mol. The van der Waals surface area contributed by atoms with E-state index in [0.717, 1.165) is 12.3 Å². The largest absolute Gasteiger partial charge is 0.127 e. The molecule has 0 unspecified atom stereocenters. The summed E-state index contributed by atoms with van der Waals surface area (Å²) >= 11 is 5.00. The fourth-order valence-corrected chi connectivity index (χ4v) is 1.33. The molecule has 0 atom stereocenters. The molecule has 0 aliphatic heterocycles. The summed E-state index contributed by atoms with van der Waals surface area (Å²) in [6.07, 6.45) is 17.5. The van der Waals surface area contributed by atoms with E-state index in [0.29, 0.717) is 0 Å². The van der Waals surface area contributed by atoms with Crippen molar-refractivity contribution < 1.29 is 0 Å². The van der Waals surface area contributed by atoms with Crippen molar-refractivity contribution >= 4 is 11.6 Å². The molecule has 0 aromatic carbocycles. The molecule has 0 amide bonds. The first-order chi connectivity index (χ1) is 9.60. The molecule has 0 bridgehead atoms. The predicted molar refractivity (Wildman–Crippen MR) is 96.4 cm³/mol. The Kier molecular flexibility index (Phi) is 16.6. The second-order valence-corrected chi connectivity index (χ2v) is 4.63. The average molecular weight is 293 g/mol. The quantitative estimate of drug-likeness (QED) is 0.374. The fraction of sp³-hybridized carbons (Fsp3) is 0.368. The molecule has 112 valence electrons. The lowest BCUT2D eigenvalue weighted by molar-refractivity contribution is 1.09. The highest BCUT2D eigenvalue weighted by atomic mass is 35.5. The molecule has 0 rings (SSSR count). The minimum Gasteiger partial charge on any atom is -0.127 e. The molecule has 0 spiro atoms. The highest BCUT2D eigenvalue weighted by molar-refractivity contribution is 6.17. The van der Waals surface area contributed by atoms with E-state index in [1.165, 1.54) is 16.7 Å². The van der Waals surface area contributed by atoms with Crippen LogP contribution < -0.4 is 0 Å². The number of alkyl halides is 1. The third-order valence-electron chi connectivity index (χ3n) is 2.48. The Labute approximate surface area is 130 Å². The molecule has 20 heavy (non-hydrogen) atoms. The first-order valence-electron chi connectivity index (χ1n) is 7.12. The van der Waals surface area contributed by atoms with Crippen molar-refractivity contribution in [3.63, 3.8) is 0 Å². The summed E-state index contributed by atoms with van der Waals surface area (Å²) < 4.78 is 0. The number of allylic oxidation sites excluding steroid dienone is 11. The van der Waals surface area contributed by atoms with Crippen LogP contribution in [0, 0.1) is 0 Å². The topological polar surface area (TPSA) is 0 Å². The third-order valence-corrected chi connectivity index (χ3v) is 2.48. The number of halogens is 1. The maximum Gasteiger partial charge on any atom is 0.0195 e. The van der Waals surface area contributed by atoms with Crippen LogP contribution in [-0.2, 0) is 0 Å². The summed E-state index contributed by atoms with van der Waals surface area (Å²) in [4.78, 5) is 0. The first-order valence-corrected chi connectivity index (χ1v) is 7.66. The second-order valence-electron chi connectivity index (χ2n) is 4.10. The summed E-state index contributed by atoms with van der Waals surface area (Å²) in [5.41, 5.74) is 3.84. The summed E-state index contributed by atoms with van der Waals surface area (Å²) in [5.74, 6) is 0.722. The van der Waals surface area contributed by atoms with Gasteiger partial charge in [0.15, 0.2) is 0 Å². The van der Waals surface area contributed by atoms with Gasteiger partial charge in [-0.05, 0) is 38.3 Å². The van der Waals surface area contributed by atoms with Crippen molar-refractivity contribution in [2.24, 2.45) is 0 Å². The van der Waals surface area contributed by atoms with E-state index in [2.05, 4.69) is 57.7 Å². The zero-order valence-electron chi connectivity index (χ0n) is 13.6. The molecule has 0 saturated carbocycles. The molecule has 0 heterocycles. The van der Waals surface area contributed by atoms with E-state index in [4.69, 9.17) is 11.6 Å². The minimum absolute atomic E-state index is 0.722. The highest BCUT2D eigenvalue weighted by Gasteiger charge is 1.97. The van der Waals surface area contributed by atoms with E-state index < -0.39 is 0 Å². The summed E-state index contributed by atoms with van der Waals surface area (Å²) in [6, 6.07) is 0. The number of rotatable bonds is 6. The zero-order chi connectivity index (χ0) is 15.8. The van der Waals surface area contributed by atoms with Gasteiger partial charge >= 0.3 is 0 Å². The Bertz CT molecular complexity index is 390. The van der Waals surface area contributed by atoms with Crippen LogP contribution in [0.25, 0.3) is 0 Å². The Morgan fingerprint density at radius 3 is 2.10 bits per heavy atom. The standard InChI is InChI=1S/C17H24.C2H5Cl/c1-6-10-12-16(9-4)17(13-11-7-2)14-15(5)8-3;1-2-3/h6-7,9-14H,1,8H2,2-5H3;2H2,1H3/b11-7-,12-10-,15-14?,16-9+,17-13+;. The minimum atomic E-state index is 0.722. The maximum atomic E-state index is 5.00. The van der Waals surface area contributed by atoms with Crippen LogP contribution in [0.4, 0.5) is 0 Å². The van der Waals surface area contributed by atoms with Crippen molar-refractivity contribution in [1.82, 2.24) is 0 Å². The summed E-state index contributed by atoms with van der Waals surface area (Å²) in [5, 5.41) is 0. The predicted octanol–water partition coefficient (Wildman–Crippen LogP) is 6.78. The maximum absolute atomic E-state index is 5.00. The van der Waals surface area contributed by atoms with Gasteiger partial charge in [0.2, 0.25) is 0 Å². The van der Waals surface area contributed by atoms with Crippen LogP contribution in [0.2, 0.25) is 0 Å². The molecule has 0 radical (unpaired) electrons. The van der Waals surface area contributed by atoms with E-state index in [9.17, 15) is 0 Å². The Morgan fingerprint density at radius 2 is 1.70 bits per heavy atom. The van der Waals surface area contributed by atoms with Gasteiger partial charge in [-0.1, -0.05) is 74.6 Å². The van der Waals surface area contributed by atoms with Crippen molar-refractivity contribution in [3.8, 4) is 0 Å². The van der Waals surface area contributed by atoms with Gasteiger partial charge in [0, 0.05) is 5.88 Å². The SMILES string of the molecule is C=C\C=C/C(=C\C)C(/C=C(C)CC)=C/C=C\C.CCCl. The van der Waals surface area contributed by atoms with Crippen LogP contribution in [0.3, 0.4) is 0 Å². The zero-order valence-corrected chi connectivity index (χ0v) is 14.4. The van der Waals surface area contributed by atoms with Crippen molar-refractivity contribution in [1.29, 1.82) is 0 Å². The number of hydrogen-bond acceptors (Lipinski definition) is 0. The summed E-state index contributed by atoms with van der Waals surface area (Å²) in [7, 11) is 0. The molecule has 0 aliphatic carbocycles. The van der Waals surface area contributed by atoms with Crippen LogP contribution >= 0.6 is 11.6 Å².